The summed E-state index contributed by atoms with van der Waals surface area (Å²) in [6.45, 7) is -0.765. The third kappa shape index (κ3) is 6.62. The number of amides is 3. The number of nitrogens with one attached hydrogen (secondary N) is 1. The highest BCUT2D eigenvalue weighted by Crippen LogP contribution is 2.37. The molecule has 2 aromatic rings. The topological polar surface area (TPSA) is 120 Å². The molecule has 1 saturated heterocycles. The Balaban J connectivity index is 1.73. The van der Waals surface area contributed by atoms with E-state index in [1.54, 1.807) is 24.3 Å². The third-order valence-electron chi connectivity index (χ3n) is 4.72. The van der Waals surface area contributed by atoms with Crippen LogP contribution in [0, 0.1) is 3.57 Å². The maximum Gasteiger partial charge on any atom is 0.343 e. The molecule has 2 aromatic carbocycles. The molecule has 190 valence electrons. The van der Waals surface area contributed by atoms with Gasteiger partial charge in [-0.15, -0.1) is 0 Å². The zero-order valence-corrected chi connectivity index (χ0v) is 23.0. The molecule has 10 nitrogen and oxygen atoms in total. The Bertz CT molecular complexity index is 1250. The first kappa shape index (κ1) is 27.6. The van der Waals surface area contributed by atoms with Gasteiger partial charge in [0.05, 0.1) is 34.8 Å². The molecule has 0 radical (unpaired) electrons. The summed E-state index contributed by atoms with van der Waals surface area (Å²) in [7, 11) is 4.15. The van der Waals surface area contributed by atoms with Crippen molar-refractivity contribution in [3.05, 3.63) is 49.4 Å². The fourth-order valence-corrected chi connectivity index (χ4v) is 4.91. The second-order valence-electron chi connectivity index (χ2n) is 7.06. The van der Waals surface area contributed by atoms with Crippen molar-refractivity contribution in [3.8, 4) is 17.2 Å². The minimum Gasteiger partial charge on any atom is -0.495 e. The number of ether oxygens (including phenoxy) is 4. The Morgan fingerprint density at radius 1 is 1.11 bits per heavy atom. The van der Waals surface area contributed by atoms with E-state index in [-0.39, 0.29) is 11.5 Å². The maximum absolute atomic E-state index is 12.9. The molecular formula is C23H20ClIN2O8S. The van der Waals surface area contributed by atoms with Gasteiger partial charge in [0.2, 0.25) is 5.91 Å². The van der Waals surface area contributed by atoms with Crippen LogP contribution >= 0.6 is 46.0 Å². The summed E-state index contributed by atoms with van der Waals surface area (Å²) in [5.74, 6) is -0.612. The van der Waals surface area contributed by atoms with E-state index in [1.165, 1.54) is 33.5 Å². The van der Waals surface area contributed by atoms with Crippen molar-refractivity contribution in [1.29, 1.82) is 0 Å². The van der Waals surface area contributed by atoms with E-state index in [9.17, 15) is 19.2 Å². The van der Waals surface area contributed by atoms with Crippen molar-refractivity contribution in [2.75, 3.05) is 39.8 Å². The first-order valence-electron chi connectivity index (χ1n) is 10.1. The van der Waals surface area contributed by atoms with Crippen molar-refractivity contribution < 1.29 is 38.1 Å². The highest BCUT2D eigenvalue weighted by molar-refractivity contribution is 14.1. The van der Waals surface area contributed by atoms with Crippen LogP contribution < -0.4 is 19.5 Å². The zero-order chi connectivity index (χ0) is 26.4. The molecule has 36 heavy (non-hydrogen) atoms. The Hall–Kier alpha value is -2.97. The Morgan fingerprint density at radius 3 is 2.47 bits per heavy atom. The minimum atomic E-state index is -0.604. The van der Waals surface area contributed by atoms with Gasteiger partial charge in [-0.1, -0.05) is 11.6 Å². The molecule has 0 unspecified atom stereocenters. The van der Waals surface area contributed by atoms with Crippen LogP contribution in [0.2, 0.25) is 5.02 Å². The Morgan fingerprint density at radius 2 is 1.83 bits per heavy atom. The lowest BCUT2D eigenvalue weighted by Crippen LogP contribution is -2.36. The van der Waals surface area contributed by atoms with Crippen LogP contribution in [-0.2, 0) is 19.1 Å². The maximum atomic E-state index is 12.9. The van der Waals surface area contributed by atoms with Crippen molar-refractivity contribution >= 4 is 80.7 Å². The normalized spacial score (nSPS) is 14.1. The van der Waals surface area contributed by atoms with Crippen LogP contribution in [0.15, 0.2) is 35.2 Å². The number of anilines is 1. The first-order chi connectivity index (χ1) is 17.2. The number of methoxy groups -OCH3 is 3. The highest BCUT2D eigenvalue weighted by Gasteiger charge is 2.36. The van der Waals surface area contributed by atoms with Crippen molar-refractivity contribution in [1.82, 2.24) is 4.90 Å². The SMILES string of the molecule is COC(=O)COc1c(I)cc(/C=C2\SC(=O)N(CC(=O)Nc3ccc(OC)c(Cl)c3)C2=O)cc1OC. The molecule has 13 heteroatoms. The molecule has 0 aliphatic carbocycles. The fraction of sp³-hybridized carbons (Fsp3) is 0.217. The number of benzene rings is 2. The largest absolute Gasteiger partial charge is 0.495 e. The second kappa shape index (κ2) is 12.3. The Kier molecular flexibility index (Phi) is 9.45. The minimum absolute atomic E-state index is 0.140. The predicted molar refractivity (Wildman–Crippen MR) is 143 cm³/mol. The summed E-state index contributed by atoms with van der Waals surface area (Å²) >= 11 is 8.78. The number of rotatable bonds is 9. The molecule has 3 amide bonds. The molecule has 0 atom stereocenters. The molecule has 0 spiro atoms. The molecule has 1 N–H and O–H groups in total. The van der Waals surface area contributed by atoms with Gasteiger partial charge in [-0.3, -0.25) is 19.3 Å². The van der Waals surface area contributed by atoms with E-state index in [0.29, 0.717) is 37.1 Å². The number of thioether (sulfide) groups is 1. The summed E-state index contributed by atoms with van der Waals surface area (Å²) in [6, 6.07) is 7.97. The molecule has 1 aliphatic rings. The van der Waals surface area contributed by atoms with Gasteiger partial charge in [0.25, 0.3) is 11.1 Å². The van der Waals surface area contributed by atoms with Crippen LogP contribution in [0.3, 0.4) is 0 Å². The number of hydrogen-bond acceptors (Lipinski definition) is 9. The molecular weight excluding hydrogens is 627 g/mol. The highest BCUT2D eigenvalue weighted by atomic mass is 127. The molecule has 0 aromatic heterocycles. The number of carbonyl (C=O) groups excluding carboxylic acids is 4. The van der Waals surface area contributed by atoms with Gasteiger partial charge >= 0.3 is 5.97 Å². The lowest BCUT2D eigenvalue weighted by molar-refractivity contribution is -0.143. The quantitative estimate of drug-likeness (QED) is 0.243. The molecule has 1 heterocycles. The second-order valence-corrected chi connectivity index (χ2v) is 9.63. The van der Waals surface area contributed by atoms with Gasteiger partial charge < -0.3 is 24.3 Å². The standard InChI is InChI=1S/C23H20ClIN2O8S/c1-32-16-5-4-13(9-14(16)24)26-19(28)10-27-22(30)18(36-23(27)31)8-12-6-15(25)21(17(7-12)33-2)35-11-20(29)34-3/h4-9H,10-11H2,1-3H3,(H,26,28)/b18-8-. The predicted octanol–water partition coefficient (Wildman–Crippen LogP) is 4.19. The van der Waals surface area contributed by atoms with Crippen molar-refractivity contribution in [2.45, 2.75) is 0 Å². The number of nitrogens with zero attached hydrogens (tertiary/aromatic N) is 1. The van der Waals surface area contributed by atoms with Crippen LogP contribution in [0.1, 0.15) is 5.56 Å². The molecule has 0 bridgehead atoms. The van der Waals surface area contributed by atoms with Gasteiger partial charge in [0.1, 0.15) is 12.3 Å². The fourth-order valence-electron chi connectivity index (χ4n) is 3.03. The monoisotopic (exact) mass is 646 g/mol. The van der Waals surface area contributed by atoms with Gasteiger partial charge in [-0.05, 0) is 76.3 Å². The van der Waals surface area contributed by atoms with E-state index in [1.807, 2.05) is 22.6 Å². The lowest BCUT2D eigenvalue weighted by Gasteiger charge is -2.13. The van der Waals surface area contributed by atoms with Gasteiger partial charge in [-0.25, -0.2) is 4.79 Å². The lowest BCUT2D eigenvalue weighted by atomic mass is 10.2. The van der Waals surface area contributed by atoms with Crippen molar-refractivity contribution in [2.24, 2.45) is 0 Å². The molecule has 0 saturated carbocycles. The molecule has 1 aliphatic heterocycles. The van der Waals surface area contributed by atoms with E-state index in [4.69, 9.17) is 25.8 Å². The smallest absolute Gasteiger partial charge is 0.343 e. The Labute approximate surface area is 229 Å². The number of imide groups is 1. The van der Waals surface area contributed by atoms with Crippen LogP contribution in [0.4, 0.5) is 10.5 Å². The number of esters is 1. The summed E-state index contributed by atoms with van der Waals surface area (Å²) in [6.07, 6.45) is 1.51. The van der Waals surface area contributed by atoms with Crippen LogP contribution in [0.25, 0.3) is 6.08 Å². The van der Waals surface area contributed by atoms with Gasteiger partial charge in [0.15, 0.2) is 18.1 Å². The number of carbonyl (C=O) groups is 4. The van der Waals surface area contributed by atoms with E-state index >= 15 is 0 Å². The molecule has 3 rings (SSSR count). The van der Waals surface area contributed by atoms with Crippen molar-refractivity contribution in [3.63, 3.8) is 0 Å². The van der Waals surface area contributed by atoms with Crippen LogP contribution in [0.5, 0.6) is 17.2 Å². The van der Waals surface area contributed by atoms with Crippen LogP contribution in [-0.4, -0.2) is 62.4 Å². The molecule has 1 fully saturated rings. The number of halogens is 2. The average molecular weight is 647 g/mol. The van der Waals surface area contributed by atoms with Gasteiger partial charge in [0, 0.05) is 5.69 Å². The summed E-state index contributed by atoms with van der Waals surface area (Å²) < 4.78 is 21.1. The van der Waals surface area contributed by atoms with E-state index in [2.05, 4.69) is 10.1 Å². The summed E-state index contributed by atoms with van der Waals surface area (Å²) in [5, 5.41) is 2.33. The van der Waals surface area contributed by atoms with Gasteiger partial charge in [-0.2, -0.15) is 0 Å². The zero-order valence-electron chi connectivity index (χ0n) is 19.3. The summed E-state index contributed by atoms with van der Waals surface area (Å²) in [5.41, 5.74) is 0.953. The first-order valence-corrected chi connectivity index (χ1v) is 12.4. The van der Waals surface area contributed by atoms with E-state index < -0.39 is 29.6 Å². The third-order valence-corrected chi connectivity index (χ3v) is 6.73. The van der Waals surface area contributed by atoms with E-state index in [0.717, 1.165) is 16.7 Å². The number of hydrogen-bond donors (Lipinski definition) is 1. The summed E-state index contributed by atoms with van der Waals surface area (Å²) in [4.78, 5) is 50.2. The average Bonchev–Trinajstić information content (AvgIpc) is 3.10.